The summed E-state index contributed by atoms with van der Waals surface area (Å²) >= 11 is 0. The second kappa shape index (κ2) is 9.00. The number of nitrogens with one attached hydrogen (secondary N) is 1. The van der Waals surface area contributed by atoms with Gasteiger partial charge in [-0.2, -0.15) is 0 Å². The predicted molar refractivity (Wildman–Crippen MR) is 70.8 cm³/mol. The van der Waals surface area contributed by atoms with Gasteiger partial charge in [0.25, 0.3) is 0 Å². The monoisotopic (exact) mass is 225 g/mol. The Labute approximate surface area is 102 Å². The zero-order valence-electron chi connectivity index (χ0n) is 11.2. The van der Waals surface area contributed by atoms with E-state index < -0.39 is 0 Å². The molecular formula is C14H29N2. The average molecular weight is 225 g/mol. The summed E-state index contributed by atoms with van der Waals surface area (Å²) in [7, 11) is 0. The third-order valence-corrected chi connectivity index (χ3v) is 3.51. The molecule has 0 aromatic carbocycles. The second-order valence-electron chi connectivity index (χ2n) is 5.17. The van der Waals surface area contributed by atoms with E-state index >= 15 is 0 Å². The zero-order valence-corrected chi connectivity index (χ0v) is 11.2. The molecule has 1 radical (unpaired) electrons. The van der Waals surface area contributed by atoms with Gasteiger partial charge in [0.05, 0.1) is 0 Å². The van der Waals surface area contributed by atoms with Crippen LogP contribution in [0.2, 0.25) is 0 Å². The summed E-state index contributed by atoms with van der Waals surface area (Å²) in [6, 6.07) is 0.683. The van der Waals surface area contributed by atoms with Crippen molar-refractivity contribution >= 4 is 0 Å². The molecule has 1 heterocycles. The summed E-state index contributed by atoms with van der Waals surface area (Å²) in [6.07, 6.45) is 9.33. The average Bonchev–Trinajstić information content (AvgIpc) is 2.74. The number of hydrogen-bond donors (Lipinski definition) is 1. The summed E-state index contributed by atoms with van der Waals surface area (Å²) < 4.78 is 0. The molecule has 0 aromatic rings. The van der Waals surface area contributed by atoms with E-state index in [2.05, 4.69) is 19.2 Å². The third-order valence-electron chi connectivity index (χ3n) is 3.51. The molecule has 2 heteroatoms. The van der Waals surface area contributed by atoms with Crippen molar-refractivity contribution in [3.05, 3.63) is 0 Å². The fourth-order valence-corrected chi connectivity index (χ4v) is 2.43. The van der Waals surface area contributed by atoms with E-state index in [0.717, 1.165) is 12.5 Å². The van der Waals surface area contributed by atoms with Gasteiger partial charge in [-0.1, -0.05) is 39.5 Å². The fourth-order valence-electron chi connectivity index (χ4n) is 2.43. The lowest BCUT2D eigenvalue weighted by atomic mass is 10.0. The Bertz CT molecular complexity index is 159. The first-order valence-electron chi connectivity index (χ1n) is 7.24. The lowest BCUT2D eigenvalue weighted by Crippen LogP contribution is -2.24. The Hall–Kier alpha value is -0.0800. The molecule has 1 saturated heterocycles. The largest absolute Gasteiger partial charge is 0.316 e. The van der Waals surface area contributed by atoms with E-state index in [1.807, 2.05) is 0 Å². The van der Waals surface area contributed by atoms with Crippen LogP contribution in [0.4, 0.5) is 0 Å². The maximum absolute atomic E-state index is 4.73. The smallest absolute Gasteiger partial charge is 0.0249 e. The molecule has 2 atom stereocenters. The first-order valence-corrected chi connectivity index (χ1v) is 7.24. The highest BCUT2D eigenvalue weighted by molar-refractivity contribution is 4.82. The number of nitrogens with zero attached hydrogens (tertiary/aromatic N) is 1. The van der Waals surface area contributed by atoms with E-state index in [4.69, 9.17) is 5.32 Å². The summed E-state index contributed by atoms with van der Waals surface area (Å²) in [5.41, 5.74) is 0. The van der Waals surface area contributed by atoms with Gasteiger partial charge in [0, 0.05) is 12.6 Å². The van der Waals surface area contributed by atoms with Crippen molar-refractivity contribution in [1.29, 1.82) is 0 Å². The van der Waals surface area contributed by atoms with Crippen molar-refractivity contribution in [2.45, 2.75) is 64.8 Å². The first kappa shape index (κ1) is 14.0. The van der Waals surface area contributed by atoms with Crippen LogP contribution >= 0.6 is 0 Å². The Morgan fingerprint density at radius 3 is 2.69 bits per heavy atom. The summed E-state index contributed by atoms with van der Waals surface area (Å²) in [6.45, 7) is 8.02. The minimum Gasteiger partial charge on any atom is -0.316 e. The van der Waals surface area contributed by atoms with Crippen LogP contribution in [0.15, 0.2) is 0 Å². The highest BCUT2D eigenvalue weighted by Crippen LogP contribution is 2.19. The maximum atomic E-state index is 4.73. The van der Waals surface area contributed by atoms with Crippen molar-refractivity contribution < 1.29 is 0 Å². The van der Waals surface area contributed by atoms with Gasteiger partial charge in [-0.3, -0.25) is 0 Å². The number of hydrogen-bond acceptors (Lipinski definition) is 1. The molecule has 95 valence electrons. The summed E-state index contributed by atoms with van der Waals surface area (Å²) in [5, 5.41) is 8.31. The molecule has 1 aliphatic rings. The van der Waals surface area contributed by atoms with Gasteiger partial charge in [0.15, 0.2) is 0 Å². The molecule has 0 amide bonds. The highest BCUT2D eigenvalue weighted by Gasteiger charge is 2.24. The Morgan fingerprint density at radius 1 is 1.12 bits per heavy atom. The van der Waals surface area contributed by atoms with Crippen LogP contribution in [0.1, 0.15) is 58.8 Å². The maximum Gasteiger partial charge on any atom is 0.0249 e. The van der Waals surface area contributed by atoms with Crippen molar-refractivity contribution in [3.63, 3.8) is 0 Å². The van der Waals surface area contributed by atoms with E-state index in [1.54, 1.807) is 0 Å². The molecule has 1 rings (SSSR count). The molecule has 0 aromatic heterocycles. The van der Waals surface area contributed by atoms with Gasteiger partial charge in [-0.05, 0) is 38.3 Å². The standard InChI is InChI=1S/C14H29N2/c1-3-5-7-9-15-11-13-10-14(16-12-13)8-6-4-2/h13-15H,3-12H2,1-2H3. The van der Waals surface area contributed by atoms with Crippen molar-refractivity contribution in [3.8, 4) is 0 Å². The van der Waals surface area contributed by atoms with Crippen LogP contribution in [0.5, 0.6) is 0 Å². The van der Waals surface area contributed by atoms with Crippen molar-refractivity contribution in [1.82, 2.24) is 10.6 Å². The molecule has 0 bridgehead atoms. The summed E-state index contributed by atoms with van der Waals surface area (Å²) in [5.74, 6) is 0.823. The van der Waals surface area contributed by atoms with Crippen LogP contribution < -0.4 is 10.6 Å². The van der Waals surface area contributed by atoms with E-state index in [1.165, 1.54) is 58.0 Å². The van der Waals surface area contributed by atoms with Gasteiger partial charge < -0.3 is 5.32 Å². The van der Waals surface area contributed by atoms with Crippen LogP contribution in [-0.2, 0) is 0 Å². The molecule has 0 saturated carbocycles. The Kier molecular flexibility index (Phi) is 7.87. The number of unbranched alkanes of at least 4 members (excludes halogenated alkanes) is 3. The highest BCUT2D eigenvalue weighted by atomic mass is 15.0. The molecule has 2 nitrogen and oxygen atoms in total. The number of rotatable bonds is 9. The Morgan fingerprint density at radius 2 is 1.94 bits per heavy atom. The minimum absolute atomic E-state index is 0.683. The van der Waals surface area contributed by atoms with Crippen molar-refractivity contribution in [2.75, 3.05) is 19.6 Å². The molecular weight excluding hydrogens is 196 g/mol. The van der Waals surface area contributed by atoms with Gasteiger partial charge in [-0.15, -0.1) is 0 Å². The zero-order chi connectivity index (χ0) is 11.6. The van der Waals surface area contributed by atoms with E-state index in [-0.39, 0.29) is 0 Å². The topological polar surface area (TPSA) is 26.1 Å². The van der Waals surface area contributed by atoms with Crippen LogP contribution in [0.3, 0.4) is 0 Å². The predicted octanol–water partition coefficient (Wildman–Crippen LogP) is 2.95. The van der Waals surface area contributed by atoms with E-state index in [0.29, 0.717) is 6.04 Å². The van der Waals surface area contributed by atoms with Crippen molar-refractivity contribution in [2.24, 2.45) is 5.92 Å². The van der Waals surface area contributed by atoms with Gasteiger partial charge >= 0.3 is 0 Å². The van der Waals surface area contributed by atoms with Gasteiger partial charge in [0.1, 0.15) is 0 Å². The molecule has 0 aliphatic carbocycles. The van der Waals surface area contributed by atoms with E-state index in [9.17, 15) is 0 Å². The van der Waals surface area contributed by atoms with Gasteiger partial charge in [0.2, 0.25) is 0 Å². The molecule has 16 heavy (non-hydrogen) atoms. The van der Waals surface area contributed by atoms with Crippen LogP contribution in [-0.4, -0.2) is 25.7 Å². The molecule has 1 fully saturated rings. The quantitative estimate of drug-likeness (QED) is 0.600. The fraction of sp³-hybridized carbons (Fsp3) is 1.00. The Balaban J connectivity index is 1.94. The first-order chi connectivity index (χ1) is 7.86. The second-order valence-corrected chi connectivity index (χ2v) is 5.17. The molecule has 1 N–H and O–H groups in total. The van der Waals surface area contributed by atoms with Crippen LogP contribution in [0.25, 0.3) is 0 Å². The lowest BCUT2D eigenvalue weighted by Gasteiger charge is -2.10. The molecule has 2 unspecified atom stereocenters. The molecule has 0 spiro atoms. The lowest BCUT2D eigenvalue weighted by molar-refractivity contribution is 0.477. The SMILES string of the molecule is CCCCCNCC1C[N]C(CCCC)C1. The molecule has 1 aliphatic heterocycles. The van der Waals surface area contributed by atoms with Crippen LogP contribution in [0, 0.1) is 5.92 Å². The minimum atomic E-state index is 0.683. The summed E-state index contributed by atoms with van der Waals surface area (Å²) in [4.78, 5) is 0. The normalized spacial score (nSPS) is 25.1. The third kappa shape index (κ3) is 5.86. The van der Waals surface area contributed by atoms with Gasteiger partial charge in [-0.25, -0.2) is 5.32 Å².